The molecular weight excluding hydrogens is 681 g/mol. The lowest BCUT2D eigenvalue weighted by atomic mass is 9.78. The molecule has 0 aliphatic carbocycles. The molecule has 14 heteroatoms. The number of ether oxygens (including phenoxy) is 7. The topological polar surface area (TPSA) is 166 Å². The van der Waals surface area contributed by atoms with Crippen molar-refractivity contribution in [3.05, 3.63) is 11.3 Å². The number of likely N-dealkylation sites (N-methyl/N-ethyl adjacent to an activating group) is 1. The summed E-state index contributed by atoms with van der Waals surface area (Å²) >= 11 is 0. The van der Waals surface area contributed by atoms with Gasteiger partial charge < -0.3 is 53.6 Å². The van der Waals surface area contributed by atoms with Gasteiger partial charge in [0, 0.05) is 38.5 Å². The van der Waals surface area contributed by atoms with Crippen molar-refractivity contribution >= 4 is 5.97 Å². The van der Waals surface area contributed by atoms with E-state index in [1.807, 2.05) is 27.7 Å². The fraction of sp³-hybridized carbons (Fsp3) is 0.921. The molecule has 4 rings (SSSR count). The summed E-state index contributed by atoms with van der Waals surface area (Å²) in [5.41, 5.74) is -3.11. The van der Waals surface area contributed by atoms with Crippen molar-refractivity contribution in [3.63, 3.8) is 0 Å². The predicted octanol–water partition coefficient (Wildman–Crippen LogP) is 3.23. The number of halogens is 1. The molecule has 302 valence electrons. The van der Waals surface area contributed by atoms with Crippen molar-refractivity contribution in [1.29, 1.82) is 0 Å². The Hall–Kier alpha value is -1.46. The molecule has 0 aromatic carbocycles. The number of rotatable bonds is 11. The molecule has 0 amide bonds. The average molecular weight is 748 g/mol. The highest BCUT2D eigenvalue weighted by Crippen LogP contribution is 2.48. The van der Waals surface area contributed by atoms with Crippen molar-refractivity contribution in [1.82, 2.24) is 4.90 Å². The Kier molecular flexibility index (Phi) is 13.9. The average Bonchev–Trinajstić information content (AvgIpc) is 3.40. The highest BCUT2D eigenvalue weighted by molar-refractivity contribution is 5.73. The van der Waals surface area contributed by atoms with Crippen LogP contribution in [0, 0.1) is 17.8 Å². The van der Waals surface area contributed by atoms with Gasteiger partial charge in [-0.15, -0.1) is 0 Å². The Labute approximate surface area is 309 Å². The Morgan fingerprint density at radius 3 is 2.35 bits per heavy atom. The van der Waals surface area contributed by atoms with Gasteiger partial charge in [-0.1, -0.05) is 20.8 Å². The van der Waals surface area contributed by atoms with E-state index in [0.717, 1.165) is 5.57 Å². The predicted molar refractivity (Wildman–Crippen MR) is 189 cm³/mol. The van der Waals surface area contributed by atoms with Gasteiger partial charge in [0.1, 0.15) is 48.1 Å². The molecule has 0 saturated carbocycles. The third-order valence-corrected chi connectivity index (χ3v) is 12.3. The molecule has 3 fully saturated rings. The minimum Gasteiger partial charge on any atom is -0.488 e. The monoisotopic (exact) mass is 747 g/mol. The minimum absolute atomic E-state index is 0.133. The van der Waals surface area contributed by atoms with Crippen LogP contribution in [0.25, 0.3) is 0 Å². The molecule has 0 radical (unpaired) electrons. The van der Waals surface area contributed by atoms with Crippen LogP contribution in [0.5, 0.6) is 0 Å². The molecule has 52 heavy (non-hydrogen) atoms. The van der Waals surface area contributed by atoms with Crippen LogP contribution in [-0.2, 0) is 38.0 Å². The maximum atomic E-state index is 14.3. The number of hydrogen-bond acceptors (Lipinski definition) is 13. The van der Waals surface area contributed by atoms with Gasteiger partial charge in [-0.2, -0.15) is 0 Å². The summed E-state index contributed by atoms with van der Waals surface area (Å²) in [7, 11) is 3.27. The smallest absolute Gasteiger partial charge is 0.311 e. The van der Waals surface area contributed by atoms with Gasteiger partial charge in [0.25, 0.3) is 0 Å². The Morgan fingerprint density at radius 1 is 1.10 bits per heavy atom. The van der Waals surface area contributed by atoms with Gasteiger partial charge in [-0.05, 0) is 73.9 Å². The number of nitrogens with zero attached hydrogens (tertiary/aromatic N) is 1. The first-order valence-corrected chi connectivity index (χ1v) is 18.9. The van der Waals surface area contributed by atoms with Crippen molar-refractivity contribution in [2.75, 3.05) is 27.4 Å². The van der Waals surface area contributed by atoms with Gasteiger partial charge >= 0.3 is 5.97 Å². The van der Waals surface area contributed by atoms with E-state index in [2.05, 4.69) is 0 Å². The van der Waals surface area contributed by atoms with E-state index in [-0.39, 0.29) is 25.5 Å². The Morgan fingerprint density at radius 2 is 1.75 bits per heavy atom. The molecule has 0 spiro atoms. The molecule has 4 N–H and O–H groups in total. The standard InChI is InChI=1S/C38H66FNO12/c1-13-26(41)38(10,45)33-21(4)29-19(2)17-37(9,52-29)32(51-35-28(42)25(16-20(3)47-35)40(11)15-14-39)22(5)30(23(6)34(44)50-33)49-27-18-36(8,46-12)31(43)24(7)48-27/h20-28,30-33,35,41-43,45H,13-18H2,1-12H3/t20?,21-,22-,23+,24?,25?,26+,27-,28?,30-,31-,32+,33+,35-,36?,37?,38+/m0/s1. The van der Waals surface area contributed by atoms with Crippen LogP contribution in [0.4, 0.5) is 4.39 Å². The first kappa shape index (κ1) is 43.3. The molecular formula is C38H66FNO12. The van der Waals surface area contributed by atoms with E-state index in [0.29, 0.717) is 18.6 Å². The summed E-state index contributed by atoms with van der Waals surface area (Å²) in [5, 5.41) is 45.3. The van der Waals surface area contributed by atoms with Crippen LogP contribution in [0.15, 0.2) is 11.3 Å². The Balaban J connectivity index is 1.82. The van der Waals surface area contributed by atoms with Gasteiger partial charge in [0.15, 0.2) is 12.6 Å². The lowest BCUT2D eigenvalue weighted by molar-refractivity contribution is -0.316. The third-order valence-electron chi connectivity index (χ3n) is 12.3. The molecule has 4 heterocycles. The molecule has 4 aliphatic rings. The van der Waals surface area contributed by atoms with Crippen LogP contribution >= 0.6 is 0 Å². The first-order chi connectivity index (χ1) is 24.1. The summed E-state index contributed by atoms with van der Waals surface area (Å²) < 4.78 is 58.2. The lowest BCUT2D eigenvalue weighted by Crippen LogP contribution is -2.60. The van der Waals surface area contributed by atoms with E-state index in [4.69, 9.17) is 33.2 Å². The highest BCUT2D eigenvalue weighted by Gasteiger charge is 2.57. The summed E-state index contributed by atoms with van der Waals surface area (Å²) in [6.45, 7) is 17.3. The lowest BCUT2D eigenvalue weighted by Gasteiger charge is -2.48. The van der Waals surface area contributed by atoms with E-state index >= 15 is 0 Å². The molecule has 0 aromatic rings. The van der Waals surface area contributed by atoms with Gasteiger partial charge in [0.2, 0.25) is 0 Å². The number of cyclic esters (lactones) is 1. The zero-order valence-electron chi connectivity index (χ0n) is 33.2. The van der Waals surface area contributed by atoms with Crippen molar-refractivity contribution in [2.45, 2.75) is 179 Å². The molecule has 2 bridgehead atoms. The third kappa shape index (κ3) is 8.51. The van der Waals surface area contributed by atoms with Crippen LogP contribution in [-0.4, -0.2) is 143 Å². The molecule has 17 atom stereocenters. The number of esters is 1. The fourth-order valence-corrected chi connectivity index (χ4v) is 8.95. The van der Waals surface area contributed by atoms with E-state index in [9.17, 15) is 29.6 Å². The highest BCUT2D eigenvalue weighted by atomic mass is 19.1. The number of methoxy groups -OCH3 is 1. The van der Waals surface area contributed by atoms with Gasteiger partial charge in [0.05, 0.1) is 41.9 Å². The maximum absolute atomic E-state index is 14.3. The maximum Gasteiger partial charge on any atom is 0.311 e. The summed E-state index contributed by atoms with van der Waals surface area (Å²) in [4.78, 5) is 16.1. The Bertz CT molecular complexity index is 1250. The van der Waals surface area contributed by atoms with Crippen molar-refractivity contribution in [2.24, 2.45) is 17.8 Å². The number of aliphatic hydroxyl groups is 4. The molecule has 4 aliphatic heterocycles. The summed E-state index contributed by atoms with van der Waals surface area (Å²) in [6.07, 6.45) is -8.16. The zero-order valence-corrected chi connectivity index (χ0v) is 33.2. The van der Waals surface area contributed by atoms with Crippen LogP contribution in [0.1, 0.15) is 94.9 Å². The van der Waals surface area contributed by atoms with Crippen molar-refractivity contribution < 1.29 is 62.8 Å². The van der Waals surface area contributed by atoms with E-state index in [1.165, 1.54) is 14.0 Å². The fourth-order valence-electron chi connectivity index (χ4n) is 8.95. The number of alkyl halides is 1. The first-order valence-electron chi connectivity index (χ1n) is 18.9. The van der Waals surface area contributed by atoms with E-state index < -0.39 is 109 Å². The van der Waals surface area contributed by atoms with Crippen LogP contribution < -0.4 is 0 Å². The summed E-state index contributed by atoms with van der Waals surface area (Å²) in [6, 6.07) is -0.445. The number of fused-ring (bicyclic) bond motifs is 2. The molecule has 13 nitrogen and oxygen atoms in total. The largest absolute Gasteiger partial charge is 0.488 e. The minimum atomic E-state index is -1.85. The second-order valence-corrected chi connectivity index (χ2v) is 16.6. The second kappa shape index (κ2) is 16.7. The van der Waals surface area contributed by atoms with Crippen LogP contribution in [0.3, 0.4) is 0 Å². The summed E-state index contributed by atoms with van der Waals surface area (Å²) in [5.74, 6) is -2.47. The second-order valence-electron chi connectivity index (χ2n) is 16.6. The SMILES string of the molecule is CC[C@@H](O)[C@@](C)(O)[C@@H]1OC(=O)[C@H](C)[C@@H](O[C@H]2CC(C)(OC)[C@@H](O)C(C)O2)[C@H](C)[C@@H](O[C@@H]2OC(C)CC(N(C)CCF)C2O)C2(C)CC(C)=C(O2)[C@@H]1C. The quantitative estimate of drug-likeness (QED) is 0.228. The number of carbonyl (C=O) groups is 1. The molecule has 6 unspecified atom stereocenters. The number of aliphatic hydroxyl groups excluding tert-OH is 3. The van der Waals surface area contributed by atoms with Crippen molar-refractivity contribution in [3.8, 4) is 0 Å². The normalized spacial score (nSPS) is 45.2. The van der Waals surface area contributed by atoms with Crippen LogP contribution in [0.2, 0.25) is 0 Å². The zero-order chi connectivity index (χ0) is 39.1. The number of carbonyl (C=O) groups excluding carboxylic acids is 1. The molecule has 3 saturated heterocycles. The van der Waals surface area contributed by atoms with Gasteiger partial charge in [-0.3, -0.25) is 9.69 Å². The number of hydrogen-bond donors (Lipinski definition) is 4. The van der Waals surface area contributed by atoms with E-state index in [1.54, 1.807) is 46.6 Å². The molecule has 0 aromatic heterocycles. The van der Waals surface area contributed by atoms with Gasteiger partial charge in [-0.25, -0.2) is 4.39 Å².